The third-order valence-electron chi connectivity index (χ3n) is 6.60. The van der Waals surface area contributed by atoms with Crippen LogP contribution in [0.2, 0.25) is 0 Å². The standard InChI is InChI=1S/C22H28F3N3O3S2/c1-21(29,22(23,24)25)16-7-9-18(10-8-16)28-12-11-27(33(30,31)20-6-3-13-32-20)15-19(28)14-26-17-4-2-5-17/h3,6-10,13,17,19,26,29H,2,4-5,11-12,14-15H2,1H3. The number of piperazine rings is 1. The molecular weight excluding hydrogens is 475 g/mol. The molecule has 2 atom stereocenters. The van der Waals surface area contributed by atoms with Crippen LogP contribution in [-0.4, -0.2) is 62.3 Å². The van der Waals surface area contributed by atoms with E-state index in [0.717, 1.165) is 19.8 Å². The molecule has 0 radical (unpaired) electrons. The summed E-state index contributed by atoms with van der Waals surface area (Å²) in [5.74, 6) is 0. The van der Waals surface area contributed by atoms with Gasteiger partial charge in [-0.25, -0.2) is 8.42 Å². The van der Waals surface area contributed by atoms with E-state index in [4.69, 9.17) is 0 Å². The summed E-state index contributed by atoms with van der Waals surface area (Å²) in [6.45, 7) is 2.28. The zero-order chi connectivity index (χ0) is 23.9. The highest BCUT2D eigenvalue weighted by Gasteiger charge is 2.51. The fourth-order valence-electron chi connectivity index (χ4n) is 4.15. The lowest BCUT2D eigenvalue weighted by atomic mass is 9.93. The summed E-state index contributed by atoms with van der Waals surface area (Å²) in [7, 11) is -3.59. The van der Waals surface area contributed by atoms with Crippen molar-refractivity contribution in [3.63, 3.8) is 0 Å². The molecule has 6 nitrogen and oxygen atoms in total. The van der Waals surface area contributed by atoms with Crippen molar-refractivity contribution in [2.75, 3.05) is 31.1 Å². The highest BCUT2D eigenvalue weighted by Crippen LogP contribution is 2.39. The summed E-state index contributed by atoms with van der Waals surface area (Å²) >= 11 is 1.18. The number of nitrogens with one attached hydrogen (secondary N) is 1. The summed E-state index contributed by atoms with van der Waals surface area (Å²) in [6.07, 6.45) is -1.44. The van der Waals surface area contributed by atoms with Crippen LogP contribution in [-0.2, 0) is 15.6 Å². The molecule has 33 heavy (non-hydrogen) atoms. The molecule has 2 N–H and O–H groups in total. The average molecular weight is 504 g/mol. The summed E-state index contributed by atoms with van der Waals surface area (Å²) in [4.78, 5) is 2.04. The van der Waals surface area contributed by atoms with Crippen LogP contribution < -0.4 is 10.2 Å². The number of nitrogens with zero attached hydrogens (tertiary/aromatic N) is 2. The fourth-order valence-corrected chi connectivity index (χ4v) is 6.77. The smallest absolute Gasteiger partial charge is 0.376 e. The SMILES string of the molecule is CC(O)(c1ccc(N2CCN(S(=O)(=O)c3cccs3)CC2CNC2CCC2)cc1)C(F)(F)F. The molecule has 2 heterocycles. The first-order chi connectivity index (χ1) is 15.5. The van der Waals surface area contributed by atoms with Crippen LogP contribution in [0.25, 0.3) is 0 Å². The van der Waals surface area contributed by atoms with Crippen molar-refractivity contribution in [1.29, 1.82) is 0 Å². The van der Waals surface area contributed by atoms with Gasteiger partial charge in [0.05, 0.1) is 6.04 Å². The van der Waals surface area contributed by atoms with Gasteiger partial charge in [0.1, 0.15) is 4.21 Å². The first-order valence-electron chi connectivity index (χ1n) is 10.9. The largest absolute Gasteiger partial charge is 0.421 e. The maximum absolute atomic E-state index is 13.2. The molecule has 1 saturated carbocycles. The van der Waals surface area contributed by atoms with Crippen LogP contribution in [0.15, 0.2) is 46.0 Å². The predicted octanol–water partition coefficient (Wildman–Crippen LogP) is 3.54. The Balaban J connectivity index is 1.55. The summed E-state index contributed by atoms with van der Waals surface area (Å²) in [6, 6.07) is 9.25. The number of hydrogen-bond donors (Lipinski definition) is 2. The van der Waals surface area contributed by atoms with E-state index in [1.807, 2.05) is 4.90 Å². The van der Waals surface area contributed by atoms with Crippen molar-refractivity contribution in [3.8, 4) is 0 Å². The van der Waals surface area contributed by atoms with Gasteiger partial charge in [0, 0.05) is 37.9 Å². The number of halogens is 3. The van der Waals surface area contributed by atoms with E-state index in [1.165, 1.54) is 34.2 Å². The molecule has 2 unspecified atom stereocenters. The predicted molar refractivity (Wildman–Crippen MR) is 122 cm³/mol. The lowest BCUT2D eigenvalue weighted by molar-refractivity contribution is -0.258. The number of sulfonamides is 1. The Kier molecular flexibility index (Phi) is 6.81. The minimum absolute atomic E-state index is 0.178. The third kappa shape index (κ3) is 4.93. The Morgan fingerprint density at radius 1 is 1.15 bits per heavy atom. The van der Waals surface area contributed by atoms with Crippen molar-refractivity contribution in [1.82, 2.24) is 9.62 Å². The maximum atomic E-state index is 13.2. The highest BCUT2D eigenvalue weighted by molar-refractivity contribution is 7.91. The fraction of sp³-hybridized carbons (Fsp3) is 0.545. The zero-order valence-electron chi connectivity index (χ0n) is 18.3. The van der Waals surface area contributed by atoms with Crippen LogP contribution >= 0.6 is 11.3 Å². The lowest BCUT2D eigenvalue weighted by Crippen LogP contribution is -2.59. The number of rotatable bonds is 7. The van der Waals surface area contributed by atoms with E-state index in [2.05, 4.69) is 5.32 Å². The maximum Gasteiger partial charge on any atom is 0.421 e. The monoisotopic (exact) mass is 503 g/mol. The molecular formula is C22H28F3N3O3S2. The Labute approximate surface area is 196 Å². The number of anilines is 1. The number of hydrogen-bond acceptors (Lipinski definition) is 6. The molecule has 1 aromatic carbocycles. The molecule has 1 saturated heterocycles. The number of benzene rings is 1. The Bertz CT molecular complexity index is 1040. The van der Waals surface area contributed by atoms with E-state index < -0.39 is 21.8 Å². The van der Waals surface area contributed by atoms with E-state index in [-0.39, 0.29) is 24.7 Å². The number of thiophene rings is 1. The third-order valence-corrected chi connectivity index (χ3v) is 9.83. The molecule has 11 heteroatoms. The first-order valence-corrected chi connectivity index (χ1v) is 13.3. The molecule has 0 amide bonds. The van der Waals surface area contributed by atoms with Gasteiger partial charge in [-0.1, -0.05) is 24.6 Å². The van der Waals surface area contributed by atoms with Gasteiger partial charge in [0.2, 0.25) is 0 Å². The highest BCUT2D eigenvalue weighted by atomic mass is 32.2. The van der Waals surface area contributed by atoms with Gasteiger partial charge in [0.25, 0.3) is 10.0 Å². The van der Waals surface area contributed by atoms with Crippen molar-refractivity contribution in [3.05, 3.63) is 47.3 Å². The molecule has 1 aliphatic heterocycles. The first kappa shape index (κ1) is 24.5. The van der Waals surface area contributed by atoms with E-state index in [0.29, 0.717) is 29.0 Å². The van der Waals surface area contributed by atoms with Crippen LogP contribution in [0.1, 0.15) is 31.7 Å². The van der Waals surface area contributed by atoms with E-state index in [1.54, 1.807) is 29.6 Å². The van der Waals surface area contributed by atoms with Crippen LogP contribution in [0.3, 0.4) is 0 Å². The van der Waals surface area contributed by atoms with Gasteiger partial charge in [-0.15, -0.1) is 11.3 Å². The Morgan fingerprint density at radius 2 is 1.85 bits per heavy atom. The normalized spacial score (nSPS) is 22.7. The van der Waals surface area contributed by atoms with Crippen molar-refractivity contribution in [2.24, 2.45) is 0 Å². The molecule has 2 fully saturated rings. The molecule has 0 spiro atoms. The van der Waals surface area contributed by atoms with Gasteiger partial charge in [0.15, 0.2) is 5.60 Å². The second-order valence-corrected chi connectivity index (χ2v) is 11.9. The summed E-state index contributed by atoms with van der Waals surface area (Å²) < 4.78 is 67.5. The average Bonchev–Trinajstić information content (AvgIpc) is 3.28. The van der Waals surface area contributed by atoms with Crippen molar-refractivity contribution in [2.45, 2.75) is 54.3 Å². The number of aliphatic hydroxyl groups is 1. The van der Waals surface area contributed by atoms with Crippen molar-refractivity contribution >= 4 is 27.0 Å². The Morgan fingerprint density at radius 3 is 2.39 bits per heavy atom. The van der Waals surface area contributed by atoms with Crippen LogP contribution in [0.5, 0.6) is 0 Å². The van der Waals surface area contributed by atoms with Crippen molar-refractivity contribution < 1.29 is 26.7 Å². The summed E-state index contributed by atoms with van der Waals surface area (Å²) in [5, 5.41) is 15.2. The number of alkyl halides is 3. The van der Waals surface area contributed by atoms with Gasteiger partial charge >= 0.3 is 6.18 Å². The van der Waals surface area contributed by atoms with E-state index in [9.17, 15) is 26.7 Å². The minimum Gasteiger partial charge on any atom is -0.376 e. The van der Waals surface area contributed by atoms with E-state index >= 15 is 0 Å². The summed E-state index contributed by atoms with van der Waals surface area (Å²) in [5.41, 5.74) is -2.48. The quantitative estimate of drug-likeness (QED) is 0.605. The van der Waals surface area contributed by atoms with Gasteiger partial charge in [-0.3, -0.25) is 0 Å². The second kappa shape index (κ2) is 9.18. The molecule has 0 bridgehead atoms. The van der Waals surface area contributed by atoms with Crippen LogP contribution in [0, 0.1) is 0 Å². The molecule has 4 rings (SSSR count). The lowest BCUT2D eigenvalue weighted by Gasteiger charge is -2.43. The van der Waals surface area contributed by atoms with Gasteiger partial charge < -0.3 is 15.3 Å². The molecule has 1 aliphatic carbocycles. The minimum atomic E-state index is -4.79. The Hall–Kier alpha value is -1.66. The van der Waals surface area contributed by atoms with Gasteiger partial charge in [-0.05, 0) is 48.9 Å². The topological polar surface area (TPSA) is 72.9 Å². The molecule has 1 aromatic heterocycles. The van der Waals surface area contributed by atoms with Crippen LogP contribution in [0.4, 0.5) is 18.9 Å². The molecule has 182 valence electrons. The second-order valence-electron chi connectivity index (χ2n) is 8.80. The van der Waals surface area contributed by atoms with Gasteiger partial charge in [-0.2, -0.15) is 17.5 Å². The molecule has 2 aromatic rings. The molecule has 2 aliphatic rings. The zero-order valence-corrected chi connectivity index (χ0v) is 19.9.